The quantitative estimate of drug-likeness (QED) is 0.155. The Kier molecular flexibility index (Phi) is 15.9. The second kappa shape index (κ2) is 18.1. The molecule has 0 amide bonds. The van der Waals surface area contributed by atoms with Gasteiger partial charge in [-0.15, -0.1) is 0 Å². The molecule has 1 N–H and O–H groups in total. The first kappa shape index (κ1) is 26.4. The number of ketones is 1. The fourth-order valence-electron chi connectivity index (χ4n) is 3.59. The van der Waals surface area contributed by atoms with Crippen LogP contribution in [0.4, 0.5) is 0 Å². The minimum absolute atomic E-state index is 0.172. The third-order valence-electron chi connectivity index (χ3n) is 5.52. The van der Waals surface area contributed by atoms with E-state index in [9.17, 15) is 14.7 Å². The molecule has 1 aromatic rings. The van der Waals surface area contributed by atoms with E-state index in [1.165, 1.54) is 44.9 Å². The summed E-state index contributed by atoms with van der Waals surface area (Å²) in [4.78, 5) is 23.6. The molecular weight excluding hydrogens is 376 g/mol. The molecule has 0 bridgehead atoms. The molecule has 4 heteroatoms. The van der Waals surface area contributed by atoms with Crippen LogP contribution in [0.15, 0.2) is 30.3 Å². The van der Waals surface area contributed by atoms with Crippen molar-refractivity contribution in [1.82, 2.24) is 0 Å². The predicted octanol–water partition coefficient (Wildman–Crippen LogP) is 6.64. The molecule has 0 aromatic heterocycles. The lowest BCUT2D eigenvalue weighted by Gasteiger charge is -2.10. The van der Waals surface area contributed by atoms with E-state index in [-0.39, 0.29) is 24.5 Å². The number of aliphatic hydroxyl groups excluding tert-OH is 1. The molecule has 0 saturated carbocycles. The molecular formula is C26H42O4. The van der Waals surface area contributed by atoms with Gasteiger partial charge < -0.3 is 9.84 Å². The zero-order chi connectivity index (χ0) is 21.9. The highest BCUT2D eigenvalue weighted by Crippen LogP contribution is 2.14. The molecule has 1 rings (SSSR count). The van der Waals surface area contributed by atoms with Gasteiger partial charge in [-0.3, -0.25) is 9.59 Å². The number of Topliss-reactive ketones (excluding diaryl/α,β-unsaturated/α-hetero) is 1. The van der Waals surface area contributed by atoms with E-state index in [1.807, 2.05) is 6.07 Å². The third-order valence-corrected chi connectivity index (χ3v) is 5.52. The topological polar surface area (TPSA) is 63.6 Å². The highest BCUT2D eigenvalue weighted by Gasteiger charge is 2.09. The van der Waals surface area contributed by atoms with Crippen molar-refractivity contribution < 1.29 is 19.4 Å². The van der Waals surface area contributed by atoms with Crippen molar-refractivity contribution in [3.05, 3.63) is 35.9 Å². The standard InChI is InChI=1S/C26H42O4/c1-2-3-4-5-6-7-8-14-19-24(27)20-15-9-10-16-21-26(29)30-22-25(28)23-17-12-11-13-18-23/h11-13,17-18,24,27H,2-10,14-16,19-22H2,1H3. The Morgan fingerprint density at radius 2 is 1.33 bits per heavy atom. The molecule has 0 heterocycles. The molecule has 0 aliphatic heterocycles. The molecule has 0 spiro atoms. The Hall–Kier alpha value is -1.68. The maximum atomic E-state index is 11.9. The van der Waals surface area contributed by atoms with Gasteiger partial charge >= 0.3 is 5.97 Å². The lowest BCUT2D eigenvalue weighted by atomic mass is 10.0. The van der Waals surface area contributed by atoms with Crippen LogP contribution in [0.2, 0.25) is 0 Å². The first-order valence-corrected chi connectivity index (χ1v) is 12.1. The van der Waals surface area contributed by atoms with Gasteiger partial charge in [-0.25, -0.2) is 0 Å². The fraction of sp³-hybridized carbons (Fsp3) is 0.692. The van der Waals surface area contributed by atoms with Crippen molar-refractivity contribution in [3.8, 4) is 0 Å². The van der Waals surface area contributed by atoms with Gasteiger partial charge in [0.15, 0.2) is 12.4 Å². The van der Waals surface area contributed by atoms with Crippen LogP contribution in [-0.4, -0.2) is 29.6 Å². The molecule has 1 aromatic carbocycles. The molecule has 1 atom stereocenters. The second-order valence-corrected chi connectivity index (χ2v) is 8.32. The van der Waals surface area contributed by atoms with Crippen LogP contribution in [-0.2, 0) is 9.53 Å². The number of carbonyl (C=O) groups is 2. The average Bonchev–Trinajstić information content (AvgIpc) is 2.76. The van der Waals surface area contributed by atoms with Crippen LogP contribution in [0.25, 0.3) is 0 Å². The van der Waals surface area contributed by atoms with Gasteiger partial charge in [-0.1, -0.05) is 108 Å². The Balaban J connectivity index is 1.90. The van der Waals surface area contributed by atoms with Crippen molar-refractivity contribution in [2.45, 2.75) is 109 Å². The largest absolute Gasteiger partial charge is 0.457 e. The molecule has 30 heavy (non-hydrogen) atoms. The molecule has 0 fully saturated rings. The van der Waals surface area contributed by atoms with Gasteiger partial charge in [-0.2, -0.15) is 0 Å². The minimum atomic E-state index is -0.311. The van der Waals surface area contributed by atoms with Gasteiger partial charge in [0.25, 0.3) is 0 Å². The molecule has 0 saturated heterocycles. The van der Waals surface area contributed by atoms with E-state index >= 15 is 0 Å². The lowest BCUT2D eigenvalue weighted by Crippen LogP contribution is -2.13. The van der Waals surface area contributed by atoms with E-state index in [0.29, 0.717) is 12.0 Å². The average molecular weight is 419 g/mol. The SMILES string of the molecule is CCCCCCCCCCC(O)CCCCCCC(=O)OCC(=O)c1ccccc1. The van der Waals surface area contributed by atoms with E-state index in [1.54, 1.807) is 24.3 Å². The van der Waals surface area contributed by atoms with Gasteiger partial charge in [0.1, 0.15) is 0 Å². The van der Waals surface area contributed by atoms with Gasteiger partial charge in [-0.05, 0) is 19.3 Å². The van der Waals surface area contributed by atoms with Crippen molar-refractivity contribution >= 4 is 11.8 Å². The summed E-state index contributed by atoms with van der Waals surface area (Å²) >= 11 is 0. The van der Waals surface area contributed by atoms with Gasteiger partial charge in [0, 0.05) is 12.0 Å². The van der Waals surface area contributed by atoms with Crippen LogP contribution in [0.5, 0.6) is 0 Å². The second-order valence-electron chi connectivity index (χ2n) is 8.32. The number of unbranched alkanes of at least 4 members (excludes halogenated alkanes) is 10. The maximum Gasteiger partial charge on any atom is 0.306 e. The van der Waals surface area contributed by atoms with E-state index in [2.05, 4.69) is 6.92 Å². The van der Waals surface area contributed by atoms with Crippen molar-refractivity contribution in [3.63, 3.8) is 0 Å². The van der Waals surface area contributed by atoms with Crippen LogP contribution in [0.1, 0.15) is 114 Å². The fourth-order valence-corrected chi connectivity index (χ4v) is 3.59. The Bertz CT molecular complexity index is 555. The van der Waals surface area contributed by atoms with Crippen molar-refractivity contribution in [1.29, 1.82) is 0 Å². The number of rotatable bonds is 19. The number of carbonyl (C=O) groups excluding carboxylic acids is 2. The summed E-state index contributed by atoms with van der Waals surface area (Å²) in [5.74, 6) is -0.483. The first-order chi connectivity index (χ1) is 14.6. The lowest BCUT2D eigenvalue weighted by molar-refractivity contribution is -0.142. The normalized spacial score (nSPS) is 11.9. The summed E-state index contributed by atoms with van der Waals surface area (Å²) in [6, 6.07) is 8.87. The number of benzene rings is 1. The molecule has 0 aliphatic rings. The van der Waals surface area contributed by atoms with Crippen molar-refractivity contribution in [2.75, 3.05) is 6.61 Å². The summed E-state index contributed by atoms with van der Waals surface area (Å²) in [7, 11) is 0. The molecule has 170 valence electrons. The summed E-state index contributed by atoms with van der Waals surface area (Å²) in [6.07, 6.45) is 16.0. The zero-order valence-corrected chi connectivity index (χ0v) is 18.9. The highest BCUT2D eigenvalue weighted by atomic mass is 16.5. The summed E-state index contributed by atoms with van der Waals surface area (Å²) in [5, 5.41) is 10.1. The molecule has 0 radical (unpaired) electrons. The summed E-state index contributed by atoms with van der Waals surface area (Å²) in [6.45, 7) is 2.06. The Morgan fingerprint density at radius 3 is 1.93 bits per heavy atom. The predicted molar refractivity (Wildman–Crippen MR) is 123 cm³/mol. The van der Waals surface area contributed by atoms with E-state index in [4.69, 9.17) is 4.74 Å². The number of esters is 1. The third kappa shape index (κ3) is 14.3. The number of ether oxygens (including phenoxy) is 1. The molecule has 4 nitrogen and oxygen atoms in total. The van der Waals surface area contributed by atoms with Crippen molar-refractivity contribution in [2.24, 2.45) is 0 Å². The number of aliphatic hydroxyl groups is 1. The Labute approximate surface area is 183 Å². The van der Waals surface area contributed by atoms with Crippen LogP contribution < -0.4 is 0 Å². The van der Waals surface area contributed by atoms with Crippen LogP contribution in [0, 0.1) is 0 Å². The highest BCUT2D eigenvalue weighted by molar-refractivity contribution is 5.97. The maximum absolute atomic E-state index is 11.9. The first-order valence-electron chi connectivity index (χ1n) is 12.1. The Morgan fingerprint density at radius 1 is 0.800 bits per heavy atom. The van der Waals surface area contributed by atoms with Gasteiger partial charge in [0.05, 0.1) is 6.10 Å². The summed E-state index contributed by atoms with van der Waals surface area (Å²) < 4.78 is 5.07. The summed E-state index contributed by atoms with van der Waals surface area (Å²) in [5.41, 5.74) is 0.566. The number of hydrogen-bond donors (Lipinski definition) is 1. The number of hydrogen-bond acceptors (Lipinski definition) is 4. The van der Waals surface area contributed by atoms with E-state index < -0.39 is 0 Å². The molecule has 1 unspecified atom stereocenters. The van der Waals surface area contributed by atoms with Crippen LogP contribution >= 0.6 is 0 Å². The minimum Gasteiger partial charge on any atom is -0.457 e. The van der Waals surface area contributed by atoms with Gasteiger partial charge in [0.2, 0.25) is 0 Å². The monoisotopic (exact) mass is 418 g/mol. The molecule has 0 aliphatic carbocycles. The zero-order valence-electron chi connectivity index (χ0n) is 18.9. The van der Waals surface area contributed by atoms with Crippen LogP contribution in [0.3, 0.4) is 0 Å². The smallest absolute Gasteiger partial charge is 0.306 e. The van der Waals surface area contributed by atoms with E-state index in [0.717, 1.165) is 44.9 Å².